The first-order valence-corrected chi connectivity index (χ1v) is 6.03. The molecule has 3 nitrogen and oxygen atoms in total. The van der Waals surface area contributed by atoms with Gasteiger partial charge >= 0.3 is 0 Å². The van der Waals surface area contributed by atoms with Crippen molar-refractivity contribution in [2.45, 2.75) is 19.9 Å². The highest BCUT2D eigenvalue weighted by Crippen LogP contribution is 2.28. The van der Waals surface area contributed by atoms with Gasteiger partial charge in [0.25, 0.3) is 0 Å². The van der Waals surface area contributed by atoms with Crippen LogP contribution in [-0.4, -0.2) is 14.2 Å². The molecule has 0 saturated heterocycles. The van der Waals surface area contributed by atoms with Crippen molar-refractivity contribution >= 4 is 0 Å². The molecule has 0 spiro atoms. The molecule has 18 heavy (non-hydrogen) atoms. The minimum absolute atomic E-state index is 0.147. The standard InChI is InChI=1S/C15H19NO2/c1-10-9-12(5-6-14(10)17-4)15(16-3)13-7-8-18-11(13)2/h5-9,15-16H,1-4H3. The molecule has 2 aromatic rings. The van der Waals surface area contributed by atoms with Gasteiger partial charge in [-0.1, -0.05) is 12.1 Å². The number of aryl methyl sites for hydroxylation is 2. The van der Waals surface area contributed by atoms with E-state index in [4.69, 9.17) is 9.15 Å². The van der Waals surface area contributed by atoms with Gasteiger partial charge in [-0.2, -0.15) is 0 Å². The third-order valence-electron chi connectivity index (χ3n) is 3.25. The van der Waals surface area contributed by atoms with E-state index < -0.39 is 0 Å². The number of hydrogen-bond acceptors (Lipinski definition) is 3. The van der Waals surface area contributed by atoms with Crippen LogP contribution in [0.5, 0.6) is 5.75 Å². The van der Waals surface area contributed by atoms with Crippen LogP contribution in [0.25, 0.3) is 0 Å². The minimum Gasteiger partial charge on any atom is -0.496 e. The maximum atomic E-state index is 5.38. The van der Waals surface area contributed by atoms with Gasteiger partial charge in [0.2, 0.25) is 0 Å². The van der Waals surface area contributed by atoms with Gasteiger partial charge in [0.05, 0.1) is 19.4 Å². The van der Waals surface area contributed by atoms with Crippen LogP contribution in [0.15, 0.2) is 34.9 Å². The van der Waals surface area contributed by atoms with Crippen LogP contribution in [0.1, 0.15) is 28.5 Å². The van der Waals surface area contributed by atoms with Gasteiger partial charge in [-0.3, -0.25) is 0 Å². The molecule has 0 amide bonds. The van der Waals surface area contributed by atoms with Crippen molar-refractivity contribution in [1.82, 2.24) is 5.32 Å². The zero-order valence-corrected chi connectivity index (χ0v) is 11.3. The Hall–Kier alpha value is -1.74. The van der Waals surface area contributed by atoms with Crippen LogP contribution in [-0.2, 0) is 0 Å². The number of methoxy groups -OCH3 is 1. The van der Waals surface area contributed by atoms with Crippen LogP contribution in [0.4, 0.5) is 0 Å². The molecule has 96 valence electrons. The number of furan rings is 1. The van der Waals surface area contributed by atoms with Gasteiger partial charge in [0.1, 0.15) is 11.5 Å². The third-order valence-corrected chi connectivity index (χ3v) is 3.25. The molecule has 1 aromatic heterocycles. The average Bonchev–Trinajstić information content (AvgIpc) is 2.77. The van der Waals surface area contributed by atoms with Crippen molar-refractivity contribution in [2.24, 2.45) is 0 Å². The van der Waals surface area contributed by atoms with E-state index in [1.54, 1.807) is 13.4 Å². The van der Waals surface area contributed by atoms with Gasteiger partial charge in [-0.15, -0.1) is 0 Å². The van der Waals surface area contributed by atoms with E-state index in [9.17, 15) is 0 Å². The Bertz CT molecular complexity index is 531. The zero-order chi connectivity index (χ0) is 13.1. The van der Waals surface area contributed by atoms with Crippen molar-refractivity contribution < 1.29 is 9.15 Å². The molecule has 0 radical (unpaired) electrons. The lowest BCUT2D eigenvalue weighted by molar-refractivity contribution is 0.411. The van der Waals surface area contributed by atoms with E-state index >= 15 is 0 Å². The largest absolute Gasteiger partial charge is 0.496 e. The molecule has 1 unspecified atom stereocenters. The van der Waals surface area contributed by atoms with Crippen LogP contribution < -0.4 is 10.1 Å². The van der Waals surface area contributed by atoms with Gasteiger partial charge in [-0.05, 0) is 44.2 Å². The van der Waals surface area contributed by atoms with Gasteiger partial charge in [0.15, 0.2) is 0 Å². The summed E-state index contributed by atoms with van der Waals surface area (Å²) in [5, 5.41) is 3.33. The highest BCUT2D eigenvalue weighted by molar-refractivity contribution is 5.41. The first kappa shape index (κ1) is 12.7. The number of nitrogens with one attached hydrogen (secondary N) is 1. The molecule has 1 atom stereocenters. The Morgan fingerprint density at radius 3 is 2.50 bits per heavy atom. The topological polar surface area (TPSA) is 34.4 Å². The van der Waals surface area contributed by atoms with Crippen molar-refractivity contribution in [3.8, 4) is 5.75 Å². The van der Waals surface area contributed by atoms with Crippen LogP contribution in [0.2, 0.25) is 0 Å². The van der Waals surface area contributed by atoms with Crippen LogP contribution >= 0.6 is 0 Å². The minimum atomic E-state index is 0.147. The number of rotatable bonds is 4. The lowest BCUT2D eigenvalue weighted by Gasteiger charge is -2.17. The third kappa shape index (κ3) is 2.27. The molecule has 2 rings (SSSR count). The predicted octanol–water partition coefficient (Wildman–Crippen LogP) is 3.21. The maximum absolute atomic E-state index is 5.38. The molecule has 0 aliphatic rings. The second-order valence-corrected chi connectivity index (χ2v) is 4.38. The fourth-order valence-corrected chi connectivity index (χ4v) is 2.28. The second kappa shape index (κ2) is 5.27. The predicted molar refractivity (Wildman–Crippen MR) is 72.1 cm³/mol. The first-order chi connectivity index (χ1) is 8.67. The average molecular weight is 245 g/mol. The van der Waals surface area contributed by atoms with Crippen molar-refractivity contribution in [1.29, 1.82) is 0 Å². The molecular weight excluding hydrogens is 226 g/mol. The first-order valence-electron chi connectivity index (χ1n) is 6.03. The Balaban J connectivity index is 2.40. The molecule has 3 heteroatoms. The summed E-state index contributed by atoms with van der Waals surface area (Å²) in [7, 11) is 3.65. The molecule has 0 saturated carbocycles. The van der Waals surface area contributed by atoms with E-state index in [0.717, 1.165) is 17.1 Å². The quantitative estimate of drug-likeness (QED) is 0.898. The lowest BCUT2D eigenvalue weighted by Crippen LogP contribution is -2.18. The molecule has 1 N–H and O–H groups in total. The molecular formula is C15H19NO2. The van der Waals surface area contributed by atoms with Crippen molar-refractivity contribution in [2.75, 3.05) is 14.2 Å². The van der Waals surface area contributed by atoms with Crippen molar-refractivity contribution in [3.05, 3.63) is 53.0 Å². The van der Waals surface area contributed by atoms with Crippen molar-refractivity contribution in [3.63, 3.8) is 0 Å². The molecule has 0 bridgehead atoms. The zero-order valence-electron chi connectivity index (χ0n) is 11.3. The Labute approximate surface area is 108 Å². The van der Waals surface area contributed by atoms with E-state index in [2.05, 4.69) is 24.4 Å². The Morgan fingerprint density at radius 2 is 2.00 bits per heavy atom. The molecule has 1 heterocycles. The normalized spacial score (nSPS) is 12.4. The highest BCUT2D eigenvalue weighted by Gasteiger charge is 2.16. The number of hydrogen-bond donors (Lipinski definition) is 1. The van der Waals surface area contributed by atoms with Crippen LogP contribution in [0, 0.1) is 13.8 Å². The fraction of sp³-hybridized carbons (Fsp3) is 0.333. The van der Waals surface area contributed by atoms with E-state index in [1.165, 1.54) is 11.1 Å². The number of benzene rings is 1. The Kier molecular flexibility index (Phi) is 3.72. The molecule has 0 aliphatic heterocycles. The SMILES string of the molecule is CNC(c1ccc(OC)c(C)c1)c1ccoc1C. The van der Waals surface area contributed by atoms with E-state index in [1.807, 2.05) is 26.1 Å². The van der Waals surface area contributed by atoms with Gasteiger partial charge < -0.3 is 14.5 Å². The van der Waals surface area contributed by atoms with E-state index in [0.29, 0.717) is 0 Å². The summed E-state index contributed by atoms with van der Waals surface area (Å²) >= 11 is 0. The molecule has 1 aromatic carbocycles. The van der Waals surface area contributed by atoms with E-state index in [-0.39, 0.29) is 6.04 Å². The molecule has 0 fully saturated rings. The molecule has 0 aliphatic carbocycles. The summed E-state index contributed by atoms with van der Waals surface area (Å²) in [5.74, 6) is 1.86. The second-order valence-electron chi connectivity index (χ2n) is 4.38. The Morgan fingerprint density at radius 1 is 1.22 bits per heavy atom. The van der Waals surface area contributed by atoms with Gasteiger partial charge in [0, 0.05) is 5.56 Å². The summed E-state index contributed by atoms with van der Waals surface area (Å²) in [6.07, 6.45) is 1.73. The highest BCUT2D eigenvalue weighted by atomic mass is 16.5. The summed E-state index contributed by atoms with van der Waals surface area (Å²) in [4.78, 5) is 0. The number of ether oxygens (including phenoxy) is 1. The summed E-state index contributed by atoms with van der Waals surface area (Å²) in [5.41, 5.74) is 3.51. The fourth-order valence-electron chi connectivity index (χ4n) is 2.28. The summed E-state index contributed by atoms with van der Waals surface area (Å²) < 4.78 is 10.7. The summed E-state index contributed by atoms with van der Waals surface area (Å²) in [6.45, 7) is 4.04. The summed E-state index contributed by atoms with van der Waals surface area (Å²) in [6, 6.07) is 8.39. The maximum Gasteiger partial charge on any atom is 0.121 e. The monoisotopic (exact) mass is 245 g/mol. The van der Waals surface area contributed by atoms with Gasteiger partial charge in [-0.25, -0.2) is 0 Å². The lowest BCUT2D eigenvalue weighted by atomic mass is 9.97. The van der Waals surface area contributed by atoms with Crippen LogP contribution in [0.3, 0.4) is 0 Å². The smallest absolute Gasteiger partial charge is 0.121 e.